The van der Waals surface area contributed by atoms with Crippen LogP contribution in [0.2, 0.25) is 0 Å². The smallest absolute Gasteiger partial charge is 0.105 e. The number of imidazole rings is 1. The Morgan fingerprint density at radius 1 is 1.59 bits per heavy atom. The molecule has 0 saturated carbocycles. The van der Waals surface area contributed by atoms with Crippen LogP contribution in [0.5, 0.6) is 0 Å². The molecule has 1 aliphatic heterocycles. The number of aromatic nitrogens is 2. The minimum absolute atomic E-state index is 0.745. The summed E-state index contributed by atoms with van der Waals surface area (Å²) in [5.74, 6) is 1.85. The van der Waals surface area contributed by atoms with Crippen LogP contribution in [0, 0.1) is 12.8 Å². The van der Waals surface area contributed by atoms with E-state index in [0.717, 1.165) is 38.0 Å². The SMILES string of the molecule is Cc1nccn1CCCN(C)CC1CCOC1. The molecule has 1 aromatic heterocycles. The van der Waals surface area contributed by atoms with Gasteiger partial charge >= 0.3 is 0 Å². The van der Waals surface area contributed by atoms with Gasteiger partial charge in [-0.3, -0.25) is 0 Å². The van der Waals surface area contributed by atoms with E-state index >= 15 is 0 Å². The number of nitrogens with zero attached hydrogens (tertiary/aromatic N) is 3. The Hall–Kier alpha value is -0.870. The third kappa shape index (κ3) is 3.82. The summed E-state index contributed by atoms with van der Waals surface area (Å²) in [5.41, 5.74) is 0. The molecule has 0 aliphatic carbocycles. The van der Waals surface area contributed by atoms with E-state index in [1.807, 2.05) is 6.20 Å². The van der Waals surface area contributed by atoms with Crippen LogP contribution in [0.3, 0.4) is 0 Å². The van der Waals surface area contributed by atoms with Gasteiger partial charge < -0.3 is 14.2 Å². The van der Waals surface area contributed by atoms with E-state index in [-0.39, 0.29) is 0 Å². The maximum atomic E-state index is 5.40. The van der Waals surface area contributed by atoms with E-state index in [0.29, 0.717) is 0 Å². The molecule has 2 heterocycles. The highest BCUT2D eigenvalue weighted by atomic mass is 16.5. The molecule has 1 aromatic rings. The number of ether oxygens (including phenoxy) is 1. The van der Waals surface area contributed by atoms with Gasteiger partial charge in [0.15, 0.2) is 0 Å². The molecular formula is C13H23N3O. The highest BCUT2D eigenvalue weighted by Crippen LogP contribution is 2.13. The fourth-order valence-corrected chi connectivity index (χ4v) is 2.41. The standard InChI is InChI=1S/C13H23N3O/c1-12-14-5-8-16(12)7-3-6-15(2)10-13-4-9-17-11-13/h5,8,13H,3-4,6-7,9-11H2,1-2H3. The molecule has 1 aliphatic rings. The first kappa shape index (κ1) is 12.6. The Morgan fingerprint density at radius 2 is 2.47 bits per heavy atom. The molecule has 0 N–H and O–H groups in total. The molecular weight excluding hydrogens is 214 g/mol. The molecule has 0 spiro atoms. The quantitative estimate of drug-likeness (QED) is 0.752. The predicted octanol–water partition coefficient (Wildman–Crippen LogP) is 1.55. The summed E-state index contributed by atoms with van der Waals surface area (Å²) in [4.78, 5) is 6.65. The van der Waals surface area contributed by atoms with Crippen LogP contribution in [0.25, 0.3) is 0 Å². The molecule has 1 unspecified atom stereocenters. The molecule has 96 valence electrons. The number of aryl methyl sites for hydroxylation is 2. The molecule has 4 nitrogen and oxygen atoms in total. The average molecular weight is 237 g/mol. The normalized spacial score (nSPS) is 20.3. The van der Waals surface area contributed by atoms with Gasteiger partial charge in [-0.25, -0.2) is 4.98 Å². The third-order valence-corrected chi connectivity index (χ3v) is 3.46. The van der Waals surface area contributed by atoms with E-state index in [1.54, 1.807) is 0 Å². The van der Waals surface area contributed by atoms with Crippen molar-refractivity contribution in [1.29, 1.82) is 0 Å². The first-order valence-corrected chi connectivity index (χ1v) is 6.49. The van der Waals surface area contributed by atoms with Crippen molar-refractivity contribution in [3.8, 4) is 0 Å². The summed E-state index contributed by atoms with van der Waals surface area (Å²) in [6, 6.07) is 0. The van der Waals surface area contributed by atoms with E-state index in [4.69, 9.17) is 4.74 Å². The number of hydrogen-bond donors (Lipinski definition) is 0. The molecule has 1 fully saturated rings. The topological polar surface area (TPSA) is 30.3 Å². The largest absolute Gasteiger partial charge is 0.381 e. The van der Waals surface area contributed by atoms with Crippen molar-refractivity contribution in [2.24, 2.45) is 5.92 Å². The molecule has 2 rings (SSSR count). The Kier molecular flexibility index (Phi) is 4.57. The van der Waals surface area contributed by atoms with Crippen LogP contribution in [0.4, 0.5) is 0 Å². The second kappa shape index (κ2) is 6.17. The molecule has 4 heteroatoms. The lowest BCUT2D eigenvalue weighted by Gasteiger charge is -2.20. The molecule has 17 heavy (non-hydrogen) atoms. The Morgan fingerprint density at radius 3 is 3.12 bits per heavy atom. The van der Waals surface area contributed by atoms with Gasteiger partial charge in [-0.2, -0.15) is 0 Å². The summed E-state index contributed by atoms with van der Waals surface area (Å²) >= 11 is 0. The monoisotopic (exact) mass is 237 g/mol. The average Bonchev–Trinajstić information content (AvgIpc) is 2.91. The van der Waals surface area contributed by atoms with Gasteiger partial charge in [0.2, 0.25) is 0 Å². The number of hydrogen-bond acceptors (Lipinski definition) is 3. The van der Waals surface area contributed by atoms with Gasteiger partial charge in [0.25, 0.3) is 0 Å². The highest BCUT2D eigenvalue weighted by molar-refractivity contribution is 4.88. The maximum Gasteiger partial charge on any atom is 0.105 e. The van der Waals surface area contributed by atoms with Crippen LogP contribution in [0.15, 0.2) is 12.4 Å². The third-order valence-electron chi connectivity index (χ3n) is 3.46. The van der Waals surface area contributed by atoms with Crippen molar-refractivity contribution in [3.63, 3.8) is 0 Å². The van der Waals surface area contributed by atoms with Crippen LogP contribution >= 0.6 is 0 Å². The van der Waals surface area contributed by atoms with Crippen LogP contribution in [-0.2, 0) is 11.3 Å². The van der Waals surface area contributed by atoms with Crippen molar-refractivity contribution in [2.75, 3.05) is 33.4 Å². The van der Waals surface area contributed by atoms with E-state index in [1.165, 1.54) is 19.4 Å². The maximum absolute atomic E-state index is 5.40. The molecule has 0 radical (unpaired) electrons. The zero-order chi connectivity index (χ0) is 12.1. The van der Waals surface area contributed by atoms with Gasteiger partial charge in [-0.1, -0.05) is 0 Å². The summed E-state index contributed by atoms with van der Waals surface area (Å²) in [5, 5.41) is 0. The lowest BCUT2D eigenvalue weighted by Crippen LogP contribution is -2.27. The zero-order valence-corrected chi connectivity index (χ0v) is 10.9. The Balaban J connectivity index is 1.62. The van der Waals surface area contributed by atoms with Crippen LogP contribution in [-0.4, -0.2) is 47.8 Å². The Bertz CT molecular complexity index is 331. The lowest BCUT2D eigenvalue weighted by molar-refractivity contribution is 0.173. The molecule has 0 bridgehead atoms. The molecule has 1 saturated heterocycles. The predicted molar refractivity (Wildman–Crippen MR) is 68.0 cm³/mol. The van der Waals surface area contributed by atoms with Gasteiger partial charge in [0.1, 0.15) is 5.82 Å². The zero-order valence-electron chi connectivity index (χ0n) is 10.9. The van der Waals surface area contributed by atoms with Crippen molar-refractivity contribution < 1.29 is 4.74 Å². The first-order chi connectivity index (χ1) is 8.25. The van der Waals surface area contributed by atoms with E-state index in [9.17, 15) is 0 Å². The van der Waals surface area contributed by atoms with Crippen LogP contribution in [0.1, 0.15) is 18.7 Å². The fraction of sp³-hybridized carbons (Fsp3) is 0.769. The van der Waals surface area contributed by atoms with Gasteiger partial charge in [-0.05, 0) is 39.3 Å². The van der Waals surface area contributed by atoms with Gasteiger partial charge in [-0.15, -0.1) is 0 Å². The van der Waals surface area contributed by atoms with E-state index in [2.05, 4.69) is 34.6 Å². The Labute approximate surface area is 104 Å². The summed E-state index contributed by atoms with van der Waals surface area (Å²) in [6.07, 6.45) is 6.33. The summed E-state index contributed by atoms with van der Waals surface area (Å²) in [6.45, 7) is 7.34. The second-order valence-corrected chi connectivity index (χ2v) is 5.01. The highest BCUT2D eigenvalue weighted by Gasteiger charge is 2.16. The molecule has 1 atom stereocenters. The van der Waals surface area contributed by atoms with Crippen molar-refractivity contribution >= 4 is 0 Å². The van der Waals surface area contributed by atoms with Crippen molar-refractivity contribution in [2.45, 2.75) is 26.3 Å². The van der Waals surface area contributed by atoms with Crippen LogP contribution < -0.4 is 0 Å². The van der Waals surface area contributed by atoms with Gasteiger partial charge in [0, 0.05) is 32.1 Å². The lowest BCUT2D eigenvalue weighted by atomic mass is 10.1. The van der Waals surface area contributed by atoms with E-state index < -0.39 is 0 Å². The summed E-state index contributed by atoms with van der Waals surface area (Å²) in [7, 11) is 2.21. The molecule has 0 amide bonds. The fourth-order valence-electron chi connectivity index (χ4n) is 2.41. The molecule has 0 aromatic carbocycles. The first-order valence-electron chi connectivity index (χ1n) is 6.49. The summed E-state index contributed by atoms with van der Waals surface area (Å²) < 4.78 is 7.61. The van der Waals surface area contributed by atoms with Crippen molar-refractivity contribution in [3.05, 3.63) is 18.2 Å². The second-order valence-electron chi connectivity index (χ2n) is 5.01. The minimum Gasteiger partial charge on any atom is -0.381 e. The number of rotatable bonds is 6. The minimum atomic E-state index is 0.745. The van der Waals surface area contributed by atoms with Gasteiger partial charge in [0.05, 0.1) is 6.61 Å². The van der Waals surface area contributed by atoms with Crippen molar-refractivity contribution in [1.82, 2.24) is 14.5 Å².